The molecule has 7 nitrogen and oxygen atoms in total. The zero-order valence-corrected chi connectivity index (χ0v) is 10.1. The predicted octanol–water partition coefficient (Wildman–Crippen LogP) is 0.966. The van der Waals surface area contributed by atoms with Crippen molar-refractivity contribution in [3.05, 3.63) is 44.1 Å². The maximum absolute atomic E-state index is 11.6. The van der Waals surface area contributed by atoms with E-state index in [9.17, 15) is 14.7 Å². The number of fused-ring (bicyclic) bond motifs is 1. The Morgan fingerprint density at radius 3 is 2.68 bits per heavy atom. The number of phenols is 1. The first-order valence-corrected chi connectivity index (χ1v) is 5.63. The summed E-state index contributed by atoms with van der Waals surface area (Å²) in [5.41, 5.74) is -0.271. The summed E-state index contributed by atoms with van der Waals surface area (Å²) in [7, 11) is 0. The summed E-state index contributed by atoms with van der Waals surface area (Å²) >= 11 is 5.80. The molecule has 0 spiro atoms. The minimum Gasteiger partial charge on any atom is -0.506 e. The number of phenolic OH excluding ortho intramolecular Hbond substituents is 1. The third-order valence-corrected chi connectivity index (χ3v) is 2.91. The molecule has 0 aliphatic rings. The number of nitrogens with zero attached hydrogens (tertiary/aromatic N) is 1. The molecule has 0 aliphatic carbocycles. The molecule has 3 rings (SSSR count). The van der Waals surface area contributed by atoms with Crippen LogP contribution in [0.15, 0.2) is 27.8 Å². The summed E-state index contributed by atoms with van der Waals surface area (Å²) in [4.78, 5) is 34.1. The molecule has 0 saturated carbocycles. The molecule has 4 N–H and O–H groups in total. The van der Waals surface area contributed by atoms with Gasteiger partial charge in [0.25, 0.3) is 5.56 Å². The first-order valence-electron chi connectivity index (χ1n) is 5.26. The molecule has 0 bridgehead atoms. The van der Waals surface area contributed by atoms with Gasteiger partial charge in [-0.2, -0.15) is 0 Å². The molecule has 0 radical (unpaired) electrons. The highest BCUT2D eigenvalue weighted by Crippen LogP contribution is 2.28. The fourth-order valence-electron chi connectivity index (χ4n) is 1.72. The van der Waals surface area contributed by atoms with Crippen LogP contribution in [-0.4, -0.2) is 25.0 Å². The van der Waals surface area contributed by atoms with E-state index in [1.165, 1.54) is 12.1 Å². The van der Waals surface area contributed by atoms with Crippen molar-refractivity contribution in [3.8, 4) is 17.1 Å². The standard InChI is InChI=1S/C11H7ClN4O3/c12-5-3-4(1-2-6(5)17)8-13-7-9(14-8)15-11(19)16-10(7)18/h1-3,17H,(H3,13,14,15,16,18,19). The Balaban J connectivity index is 2.26. The number of H-pyrrole nitrogens is 3. The smallest absolute Gasteiger partial charge is 0.327 e. The van der Waals surface area contributed by atoms with Crippen LogP contribution in [0, 0.1) is 0 Å². The van der Waals surface area contributed by atoms with Crippen molar-refractivity contribution in [1.82, 2.24) is 19.9 Å². The molecule has 8 heteroatoms. The van der Waals surface area contributed by atoms with Crippen LogP contribution in [0.5, 0.6) is 5.75 Å². The number of halogens is 1. The molecule has 0 aliphatic heterocycles. The average molecular weight is 279 g/mol. The molecule has 2 aromatic heterocycles. The van der Waals surface area contributed by atoms with Crippen LogP contribution in [0.2, 0.25) is 5.02 Å². The average Bonchev–Trinajstić information content (AvgIpc) is 2.76. The Kier molecular flexibility index (Phi) is 2.42. The van der Waals surface area contributed by atoms with Gasteiger partial charge in [0.05, 0.1) is 5.02 Å². The van der Waals surface area contributed by atoms with Crippen molar-refractivity contribution < 1.29 is 5.11 Å². The van der Waals surface area contributed by atoms with Crippen molar-refractivity contribution in [2.24, 2.45) is 0 Å². The Morgan fingerprint density at radius 1 is 1.16 bits per heavy atom. The minimum atomic E-state index is -0.626. The summed E-state index contributed by atoms with van der Waals surface area (Å²) in [6, 6.07) is 4.50. The second-order valence-electron chi connectivity index (χ2n) is 3.88. The van der Waals surface area contributed by atoms with Crippen molar-refractivity contribution >= 4 is 22.8 Å². The van der Waals surface area contributed by atoms with E-state index in [0.717, 1.165) is 0 Å². The lowest BCUT2D eigenvalue weighted by molar-refractivity contribution is 0.475. The van der Waals surface area contributed by atoms with Crippen LogP contribution in [0.1, 0.15) is 0 Å². The number of rotatable bonds is 1. The fourth-order valence-corrected chi connectivity index (χ4v) is 1.90. The highest BCUT2D eigenvalue weighted by molar-refractivity contribution is 6.32. The summed E-state index contributed by atoms with van der Waals surface area (Å²) < 4.78 is 0. The number of nitrogens with one attached hydrogen (secondary N) is 3. The monoisotopic (exact) mass is 278 g/mol. The zero-order chi connectivity index (χ0) is 13.6. The number of aromatic amines is 3. The van der Waals surface area contributed by atoms with Gasteiger partial charge in [0.2, 0.25) is 0 Å². The number of benzene rings is 1. The van der Waals surface area contributed by atoms with Gasteiger partial charge in [-0.05, 0) is 18.2 Å². The van der Waals surface area contributed by atoms with E-state index in [0.29, 0.717) is 11.4 Å². The molecule has 3 aromatic rings. The van der Waals surface area contributed by atoms with Gasteiger partial charge < -0.3 is 10.1 Å². The maximum atomic E-state index is 11.6. The lowest BCUT2D eigenvalue weighted by Gasteiger charge is -1.99. The minimum absolute atomic E-state index is 0.0484. The third kappa shape index (κ3) is 1.89. The van der Waals surface area contributed by atoms with Crippen LogP contribution in [-0.2, 0) is 0 Å². The number of aromatic nitrogens is 4. The molecule has 0 saturated heterocycles. The molecular weight excluding hydrogens is 272 g/mol. The van der Waals surface area contributed by atoms with Crippen LogP contribution in [0.4, 0.5) is 0 Å². The Hall–Kier alpha value is -2.54. The quantitative estimate of drug-likeness (QED) is 0.531. The lowest BCUT2D eigenvalue weighted by Crippen LogP contribution is -2.21. The van der Waals surface area contributed by atoms with Crippen LogP contribution >= 0.6 is 11.6 Å². The van der Waals surface area contributed by atoms with Gasteiger partial charge in [0.15, 0.2) is 5.65 Å². The van der Waals surface area contributed by atoms with E-state index in [2.05, 4.69) is 19.9 Å². The Morgan fingerprint density at radius 2 is 1.95 bits per heavy atom. The highest BCUT2D eigenvalue weighted by atomic mass is 35.5. The number of hydrogen-bond acceptors (Lipinski definition) is 4. The summed E-state index contributed by atoms with van der Waals surface area (Å²) in [6.45, 7) is 0. The molecule has 0 fully saturated rings. The fraction of sp³-hybridized carbons (Fsp3) is 0. The van der Waals surface area contributed by atoms with Crippen molar-refractivity contribution in [2.75, 3.05) is 0 Å². The van der Waals surface area contributed by atoms with E-state index in [-0.39, 0.29) is 21.9 Å². The number of aromatic hydroxyl groups is 1. The van der Waals surface area contributed by atoms with Gasteiger partial charge in [-0.25, -0.2) is 9.78 Å². The number of imidazole rings is 1. The summed E-state index contributed by atoms with van der Waals surface area (Å²) in [6.07, 6.45) is 0. The van der Waals surface area contributed by atoms with E-state index < -0.39 is 11.2 Å². The zero-order valence-electron chi connectivity index (χ0n) is 9.32. The molecule has 0 atom stereocenters. The van der Waals surface area contributed by atoms with Gasteiger partial charge in [-0.3, -0.25) is 14.8 Å². The van der Waals surface area contributed by atoms with E-state index in [1.54, 1.807) is 6.07 Å². The van der Waals surface area contributed by atoms with E-state index in [4.69, 9.17) is 11.6 Å². The summed E-state index contributed by atoms with van der Waals surface area (Å²) in [5, 5.41) is 9.51. The highest BCUT2D eigenvalue weighted by Gasteiger charge is 2.10. The SMILES string of the molecule is O=c1[nH]c(=O)c2[nH]c(-c3ccc(O)c(Cl)c3)nc2[nH]1. The third-order valence-electron chi connectivity index (χ3n) is 2.61. The van der Waals surface area contributed by atoms with Gasteiger partial charge in [0, 0.05) is 5.56 Å². The van der Waals surface area contributed by atoms with Crippen LogP contribution in [0.25, 0.3) is 22.6 Å². The molecule has 1 aromatic carbocycles. The number of hydrogen-bond donors (Lipinski definition) is 4. The van der Waals surface area contributed by atoms with Crippen molar-refractivity contribution in [1.29, 1.82) is 0 Å². The second-order valence-corrected chi connectivity index (χ2v) is 4.29. The Labute approximate surface area is 109 Å². The van der Waals surface area contributed by atoms with Gasteiger partial charge >= 0.3 is 5.69 Å². The molecule has 0 unspecified atom stereocenters. The predicted molar refractivity (Wildman–Crippen MR) is 69.4 cm³/mol. The summed E-state index contributed by atoms with van der Waals surface area (Å²) in [5.74, 6) is 0.317. The van der Waals surface area contributed by atoms with Crippen molar-refractivity contribution in [3.63, 3.8) is 0 Å². The lowest BCUT2D eigenvalue weighted by atomic mass is 10.2. The maximum Gasteiger partial charge on any atom is 0.327 e. The van der Waals surface area contributed by atoms with Crippen LogP contribution in [0.3, 0.4) is 0 Å². The van der Waals surface area contributed by atoms with Crippen LogP contribution < -0.4 is 11.2 Å². The Bertz CT molecular complexity index is 893. The van der Waals surface area contributed by atoms with Crippen molar-refractivity contribution in [2.45, 2.75) is 0 Å². The van der Waals surface area contributed by atoms with Gasteiger partial charge in [0.1, 0.15) is 17.1 Å². The molecule has 0 amide bonds. The van der Waals surface area contributed by atoms with E-state index in [1.807, 2.05) is 0 Å². The normalized spacial score (nSPS) is 11.0. The molecular formula is C11H7ClN4O3. The first kappa shape index (κ1) is 11.5. The molecule has 19 heavy (non-hydrogen) atoms. The van der Waals surface area contributed by atoms with Gasteiger partial charge in [-0.15, -0.1) is 0 Å². The van der Waals surface area contributed by atoms with E-state index >= 15 is 0 Å². The first-order chi connectivity index (χ1) is 9.04. The molecule has 2 heterocycles. The largest absolute Gasteiger partial charge is 0.506 e. The second kappa shape index (κ2) is 3.99. The molecule has 96 valence electrons. The topological polar surface area (TPSA) is 115 Å². The van der Waals surface area contributed by atoms with Gasteiger partial charge in [-0.1, -0.05) is 11.6 Å².